The number of methoxy groups -OCH3 is 1. The lowest BCUT2D eigenvalue weighted by Gasteiger charge is -2.25. The van der Waals surface area contributed by atoms with Crippen LogP contribution in [0, 0.1) is 0 Å². The maximum absolute atomic E-state index is 5.79. The Kier molecular flexibility index (Phi) is 4.15. The van der Waals surface area contributed by atoms with E-state index in [9.17, 15) is 0 Å². The topological polar surface area (TPSA) is 68.9 Å². The van der Waals surface area contributed by atoms with Gasteiger partial charge in [-0.25, -0.2) is 0 Å². The molecule has 1 heterocycles. The summed E-state index contributed by atoms with van der Waals surface area (Å²) in [5, 5.41) is 3.12. The third-order valence-corrected chi connectivity index (χ3v) is 2.54. The molecule has 0 bridgehead atoms. The zero-order chi connectivity index (χ0) is 12.2. The van der Waals surface area contributed by atoms with Crippen molar-refractivity contribution < 1.29 is 9.47 Å². The minimum atomic E-state index is -0.288. The van der Waals surface area contributed by atoms with Gasteiger partial charge in [-0.1, -0.05) is 0 Å². The number of rotatable bonds is 3. The molecule has 0 aliphatic carbocycles. The number of hydrogen-bond acceptors (Lipinski definition) is 3. The number of nitrogens with one attached hydrogen (secondary N) is 1. The summed E-state index contributed by atoms with van der Waals surface area (Å²) in [5.41, 5.74) is 5.44. The SMILES string of the molecule is COC1(CN=C(N)NC(C)(C)C)CCOC1. The lowest BCUT2D eigenvalue weighted by Crippen LogP contribution is -2.46. The molecular weight excluding hydrogens is 206 g/mol. The van der Waals surface area contributed by atoms with Gasteiger partial charge in [0.1, 0.15) is 5.60 Å². The molecule has 3 N–H and O–H groups in total. The van der Waals surface area contributed by atoms with Crippen LogP contribution in [-0.2, 0) is 9.47 Å². The van der Waals surface area contributed by atoms with Gasteiger partial charge in [-0.05, 0) is 20.8 Å². The normalized spacial score (nSPS) is 27.1. The minimum absolute atomic E-state index is 0.0694. The van der Waals surface area contributed by atoms with Gasteiger partial charge in [0, 0.05) is 25.7 Å². The summed E-state index contributed by atoms with van der Waals surface area (Å²) >= 11 is 0. The molecule has 0 aromatic heterocycles. The monoisotopic (exact) mass is 229 g/mol. The van der Waals surface area contributed by atoms with Crippen LogP contribution in [0.25, 0.3) is 0 Å². The maximum atomic E-state index is 5.79. The van der Waals surface area contributed by atoms with Crippen molar-refractivity contribution in [3.05, 3.63) is 0 Å². The van der Waals surface area contributed by atoms with Gasteiger partial charge < -0.3 is 20.5 Å². The highest BCUT2D eigenvalue weighted by Crippen LogP contribution is 2.22. The smallest absolute Gasteiger partial charge is 0.189 e. The second kappa shape index (κ2) is 5.01. The molecule has 1 saturated heterocycles. The molecule has 1 atom stereocenters. The number of nitrogens with two attached hydrogens (primary N) is 1. The molecule has 0 amide bonds. The Hall–Kier alpha value is -0.810. The molecule has 0 radical (unpaired) electrons. The Bertz CT molecular complexity index is 252. The summed E-state index contributed by atoms with van der Waals surface area (Å²) in [4.78, 5) is 4.31. The van der Waals surface area contributed by atoms with Crippen molar-refractivity contribution in [2.24, 2.45) is 10.7 Å². The zero-order valence-electron chi connectivity index (χ0n) is 10.7. The third kappa shape index (κ3) is 3.98. The largest absolute Gasteiger partial charge is 0.378 e. The predicted octanol–water partition coefficient (Wildman–Crippen LogP) is 0.495. The number of hydrogen-bond donors (Lipinski definition) is 2. The molecule has 0 aromatic carbocycles. The van der Waals surface area contributed by atoms with Crippen molar-refractivity contribution in [3.8, 4) is 0 Å². The maximum Gasteiger partial charge on any atom is 0.189 e. The fourth-order valence-corrected chi connectivity index (χ4v) is 1.59. The molecule has 0 saturated carbocycles. The van der Waals surface area contributed by atoms with Crippen LogP contribution in [-0.4, -0.2) is 44.0 Å². The van der Waals surface area contributed by atoms with Crippen LogP contribution in [0.3, 0.4) is 0 Å². The number of aliphatic imine (C=N–C) groups is 1. The first-order valence-electron chi connectivity index (χ1n) is 5.58. The van der Waals surface area contributed by atoms with Crippen LogP contribution >= 0.6 is 0 Å². The van der Waals surface area contributed by atoms with E-state index in [1.165, 1.54) is 0 Å². The third-order valence-electron chi connectivity index (χ3n) is 2.54. The highest BCUT2D eigenvalue weighted by molar-refractivity contribution is 5.78. The Balaban J connectivity index is 2.50. The zero-order valence-corrected chi connectivity index (χ0v) is 10.7. The van der Waals surface area contributed by atoms with E-state index >= 15 is 0 Å². The van der Waals surface area contributed by atoms with E-state index in [-0.39, 0.29) is 11.1 Å². The van der Waals surface area contributed by atoms with Crippen molar-refractivity contribution in [2.45, 2.75) is 38.3 Å². The fourth-order valence-electron chi connectivity index (χ4n) is 1.59. The lowest BCUT2D eigenvalue weighted by molar-refractivity contribution is -0.00907. The Morgan fingerprint density at radius 3 is 2.69 bits per heavy atom. The standard InChI is InChI=1S/C11H23N3O2/c1-10(2,3)14-9(12)13-7-11(15-4)5-6-16-8-11/h5-8H2,1-4H3,(H3,12,13,14). The second-order valence-corrected chi connectivity index (χ2v) is 5.27. The Morgan fingerprint density at radius 1 is 1.56 bits per heavy atom. The first-order chi connectivity index (χ1) is 7.37. The van der Waals surface area contributed by atoms with E-state index in [4.69, 9.17) is 15.2 Å². The van der Waals surface area contributed by atoms with Crippen LogP contribution in [0.5, 0.6) is 0 Å². The number of ether oxygens (including phenoxy) is 2. The van der Waals surface area contributed by atoms with E-state index in [0.717, 1.165) is 13.0 Å². The van der Waals surface area contributed by atoms with Crippen LogP contribution in [0.4, 0.5) is 0 Å². The van der Waals surface area contributed by atoms with Gasteiger partial charge >= 0.3 is 0 Å². The summed E-state index contributed by atoms with van der Waals surface area (Å²) in [6.07, 6.45) is 0.871. The van der Waals surface area contributed by atoms with E-state index in [2.05, 4.69) is 10.3 Å². The molecule has 1 unspecified atom stereocenters. The molecule has 0 spiro atoms. The molecular formula is C11H23N3O2. The summed E-state index contributed by atoms with van der Waals surface area (Å²) in [6, 6.07) is 0. The first-order valence-corrected chi connectivity index (χ1v) is 5.58. The molecule has 16 heavy (non-hydrogen) atoms. The quantitative estimate of drug-likeness (QED) is 0.546. The average Bonchev–Trinajstić information content (AvgIpc) is 2.61. The van der Waals surface area contributed by atoms with E-state index < -0.39 is 0 Å². The molecule has 5 heteroatoms. The van der Waals surface area contributed by atoms with E-state index in [1.54, 1.807) is 7.11 Å². The van der Waals surface area contributed by atoms with Crippen molar-refractivity contribution in [1.82, 2.24) is 5.32 Å². The van der Waals surface area contributed by atoms with E-state index in [1.807, 2.05) is 20.8 Å². The van der Waals surface area contributed by atoms with Crippen LogP contribution in [0.2, 0.25) is 0 Å². The van der Waals surface area contributed by atoms with Gasteiger partial charge in [0.2, 0.25) is 0 Å². The van der Waals surface area contributed by atoms with E-state index in [0.29, 0.717) is 19.1 Å². The Labute approximate surface area is 97.4 Å². The molecule has 1 fully saturated rings. The second-order valence-electron chi connectivity index (χ2n) is 5.27. The van der Waals surface area contributed by atoms with Crippen molar-refractivity contribution in [3.63, 3.8) is 0 Å². The van der Waals surface area contributed by atoms with Gasteiger partial charge in [0.15, 0.2) is 5.96 Å². The van der Waals surface area contributed by atoms with Crippen molar-refractivity contribution in [2.75, 3.05) is 26.9 Å². The van der Waals surface area contributed by atoms with Gasteiger partial charge in [0.25, 0.3) is 0 Å². The molecule has 1 aliphatic rings. The highest BCUT2D eigenvalue weighted by atomic mass is 16.5. The number of guanidine groups is 1. The van der Waals surface area contributed by atoms with Gasteiger partial charge in [-0.15, -0.1) is 0 Å². The van der Waals surface area contributed by atoms with Gasteiger partial charge in [-0.3, -0.25) is 4.99 Å². The first kappa shape index (κ1) is 13.3. The summed E-state index contributed by atoms with van der Waals surface area (Å²) in [7, 11) is 1.69. The molecule has 1 rings (SSSR count). The highest BCUT2D eigenvalue weighted by Gasteiger charge is 2.34. The predicted molar refractivity (Wildman–Crippen MR) is 64.6 cm³/mol. The molecule has 94 valence electrons. The molecule has 1 aliphatic heterocycles. The summed E-state index contributed by atoms with van der Waals surface area (Å²) < 4.78 is 10.8. The average molecular weight is 229 g/mol. The van der Waals surface area contributed by atoms with Crippen molar-refractivity contribution in [1.29, 1.82) is 0 Å². The summed E-state index contributed by atoms with van der Waals surface area (Å²) in [5.74, 6) is 0.454. The minimum Gasteiger partial charge on any atom is -0.378 e. The van der Waals surface area contributed by atoms with Gasteiger partial charge in [0.05, 0.1) is 13.2 Å². The molecule has 5 nitrogen and oxygen atoms in total. The molecule has 0 aromatic rings. The number of nitrogens with zero attached hydrogens (tertiary/aromatic N) is 1. The van der Waals surface area contributed by atoms with Gasteiger partial charge in [-0.2, -0.15) is 0 Å². The van der Waals surface area contributed by atoms with Crippen LogP contribution in [0.15, 0.2) is 4.99 Å². The van der Waals surface area contributed by atoms with Crippen LogP contribution < -0.4 is 11.1 Å². The van der Waals surface area contributed by atoms with Crippen LogP contribution in [0.1, 0.15) is 27.2 Å². The fraction of sp³-hybridized carbons (Fsp3) is 0.909. The lowest BCUT2D eigenvalue weighted by atomic mass is 10.0. The Morgan fingerprint density at radius 2 is 2.25 bits per heavy atom. The van der Waals surface area contributed by atoms with Crippen molar-refractivity contribution >= 4 is 5.96 Å². The summed E-state index contributed by atoms with van der Waals surface area (Å²) in [6.45, 7) is 7.99.